The van der Waals surface area contributed by atoms with Gasteiger partial charge in [-0.25, -0.2) is 8.42 Å². The molecule has 8 nitrogen and oxygen atoms in total. The molecule has 0 aromatic carbocycles. The van der Waals surface area contributed by atoms with E-state index in [1.54, 1.807) is 13.8 Å². The Morgan fingerprint density at radius 3 is 2.65 bits per heavy atom. The van der Waals surface area contributed by atoms with Crippen LogP contribution in [0.3, 0.4) is 0 Å². The van der Waals surface area contributed by atoms with Gasteiger partial charge in [0.15, 0.2) is 11.6 Å². The van der Waals surface area contributed by atoms with Crippen LogP contribution in [0.25, 0.3) is 0 Å². The van der Waals surface area contributed by atoms with Crippen LogP contribution in [-0.2, 0) is 16.4 Å². The molecular formula is C14H20N4O4S. The summed E-state index contributed by atoms with van der Waals surface area (Å²) in [7, 11) is -3.63. The zero-order chi connectivity index (χ0) is 16.6. The summed E-state index contributed by atoms with van der Waals surface area (Å²) in [4.78, 5) is 4.50. The van der Waals surface area contributed by atoms with E-state index >= 15 is 0 Å². The van der Waals surface area contributed by atoms with Crippen molar-refractivity contribution < 1.29 is 17.5 Å². The maximum absolute atomic E-state index is 12.9. The van der Waals surface area contributed by atoms with Crippen molar-refractivity contribution in [3.05, 3.63) is 23.2 Å². The molecule has 0 bridgehead atoms. The third kappa shape index (κ3) is 2.90. The minimum absolute atomic E-state index is 0.0770. The Morgan fingerprint density at radius 1 is 1.26 bits per heavy atom. The minimum Gasteiger partial charge on any atom is -0.360 e. The number of sulfonamides is 1. The van der Waals surface area contributed by atoms with Gasteiger partial charge in [0.2, 0.25) is 15.9 Å². The third-order valence-corrected chi connectivity index (χ3v) is 6.21. The normalized spacial score (nSPS) is 20.0. The predicted octanol–water partition coefficient (Wildman–Crippen LogP) is 1.81. The summed E-state index contributed by atoms with van der Waals surface area (Å²) in [6.45, 7) is 6.00. The van der Waals surface area contributed by atoms with Crippen LogP contribution >= 0.6 is 0 Å². The van der Waals surface area contributed by atoms with Crippen molar-refractivity contribution >= 4 is 10.0 Å². The van der Waals surface area contributed by atoms with Crippen molar-refractivity contribution in [2.75, 3.05) is 13.1 Å². The first-order chi connectivity index (χ1) is 10.9. The minimum atomic E-state index is -3.63. The summed E-state index contributed by atoms with van der Waals surface area (Å²) in [5.74, 6) is 1.40. The van der Waals surface area contributed by atoms with E-state index in [1.807, 2.05) is 6.92 Å². The molecule has 9 heteroatoms. The number of hydrogen-bond acceptors (Lipinski definition) is 7. The van der Waals surface area contributed by atoms with Gasteiger partial charge in [0, 0.05) is 19.5 Å². The molecule has 0 N–H and O–H groups in total. The van der Waals surface area contributed by atoms with Crippen LogP contribution in [-0.4, -0.2) is 41.1 Å². The van der Waals surface area contributed by atoms with E-state index < -0.39 is 10.0 Å². The molecule has 2 aromatic rings. The van der Waals surface area contributed by atoms with Gasteiger partial charge in [-0.1, -0.05) is 17.2 Å². The summed E-state index contributed by atoms with van der Waals surface area (Å²) in [5.41, 5.74) is 0.385. The molecule has 3 rings (SSSR count). The molecule has 0 spiro atoms. The quantitative estimate of drug-likeness (QED) is 0.836. The number of nitrogens with zero attached hydrogens (tertiary/aromatic N) is 4. The smallest absolute Gasteiger partial charge is 0.248 e. The van der Waals surface area contributed by atoms with Crippen LogP contribution in [0.1, 0.15) is 48.9 Å². The standard InChI is InChI=1S/C14H20N4O4S/c1-4-12-15-14(22-17-12)11-6-5-7-18(8-11)23(19,20)13-9(2)16-21-10(13)3/h11H,4-8H2,1-3H3. The molecule has 0 saturated carbocycles. The van der Waals surface area contributed by atoms with Gasteiger partial charge in [0.1, 0.15) is 10.6 Å². The lowest BCUT2D eigenvalue weighted by atomic mass is 10.00. The van der Waals surface area contributed by atoms with Crippen molar-refractivity contribution in [1.29, 1.82) is 0 Å². The van der Waals surface area contributed by atoms with E-state index in [9.17, 15) is 8.42 Å². The topological polar surface area (TPSA) is 102 Å². The zero-order valence-corrected chi connectivity index (χ0v) is 14.3. The fraction of sp³-hybridized carbons (Fsp3) is 0.643. The van der Waals surface area contributed by atoms with Crippen LogP contribution in [0.5, 0.6) is 0 Å². The monoisotopic (exact) mass is 340 g/mol. The summed E-state index contributed by atoms with van der Waals surface area (Å²) >= 11 is 0. The van der Waals surface area contributed by atoms with Gasteiger partial charge in [-0.15, -0.1) is 0 Å². The van der Waals surface area contributed by atoms with Gasteiger partial charge in [-0.3, -0.25) is 0 Å². The molecule has 1 unspecified atom stereocenters. The Kier molecular flexibility index (Phi) is 4.24. The molecule has 1 aliphatic heterocycles. The highest BCUT2D eigenvalue weighted by Crippen LogP contribution is 2.31. The van der Waals surface area contributed by atoms with Gasteiger partial charge in [-0.05, 0) is 26.7 Å². The van der Waals surface area contributed by atoms with E-state index in [-0.39, 0.29) is 10.8 Å². The number of aryl methyl sites for hydroxylation is 3. The van der Waals surface area contributed by atoms with E-state index in [2.05, 4.69) is 15.3 Å². The lowest BCUT2D eigenvalue weighted by molar-refractivity contribution is 0.265. The molecule has 1 aliphatic rings. The Labute approximate surface area is 134 Å². The number of aromatic nitrogens is 3. The molecule has 2 aromatic heterocycles. The van der Waals surface area contributed by atoms with Gasteiger partial charge < -0.3 is 9.05 Å². The van der Waals surface area contributed by atoms with E-state index in [0.717, 1.165) is 12.8 Å². The molecule has 1 atom stereocenters. The van der Waals surface area contributed by atoms with Gasteiger partial charge in [-0.2, -0.15) is 9.29 Å². The van der Waals surface area contributed by atoms with Crippen molar-refractivity contribution in [2.24, 2.45) is 0 Å². The van der Waals surface area contributed by atoms with Crippen molar-refractivity contribution in [2.45, 2.75) is 50.8 Å². The molecular weight excluding hydrogens is 320 g/mol. The first-order valence-corrected chi connectivity index (χ1v) is 9.13. The Hall–Kier alpha value is -1.74. The highest BCUT2D eigenvalue weighted by atomic mass is 32.2. The molecule has 23 heavy (non-hydrogen) atoms. The van der Waals surface area contributed by atoms with Crippen LogP contribution in [0.4, 0.5) is 0 Å². The number of piperidine rings is 1. The lowest BCUT2D eigenvalue weighted by Gasteiger charge is -2.29. The SMILES string of the molecule is CCc1noc(C2CCCN(S(=O)(=O)c3c(C)noc3C)C2)n1. The second kappa shape index (κ2) is 6.04. The molecule has 0 amide bonds. The van der Waals surface area contributed by atoms with Crippen molar-refractivity contribution in [1.82, 2.24) is 19.6 Å². The maximum Gasteiger partial charge on any atom is 0.248 e. The molecule has 0 radical (unpaired) electrons. The van der Waals surface area contributed by atoms with E-state index in [1.165, 1.54) is 4.31 Å². The van der Waals surface area contributed by atoms with Crippen LogP contribution in [0, 0.1) is 13.8 Å². The first-order valence-electron chi connectivity index (χ1n) is 7.69. The van der Waals surface area contributed by atoms with Crippen molar-refractivity contribution in [3.8, 4) is 0 Å². The highest BCUT2D eigenvalue weighted by Gasteiger charge is 2.36. The summed E-state index contributed by atoms with van der Waals surface area (Å²) in [5, 5.41) is 7.64. The Bertz CT molecular complexity index is 776. The second-order valence-electron chi connectivity index (χ2n) is 5.76. The first kappa shape index (κ1) is 16.1. The van der Waals surface area contributed by atoms with Gasteiger partial charge in [0.25, 0.3) is 0 Å². The predicted molar refractivity (Wildman–Crippen MR) is 80.4 cm³/mol. The van der Waals surface area contributed by atoms with E-state index in [0.29, 0.717) is 42.7 Å². The van der Waals surface area contributed by atoms with Gasteiger partial charge >= 0.3 is 0 Å². The Balaban J connectivity index is 1.86. The average Bonchev–Trinajstić information content (AvgIpc) is 3.14. The number of rotatable bonds is 4. The van der Waals surface area contributed by atoms with Crippen LogP contribution in [0.15, 0.2) is 13.9 Å². The fourth-order valence-corrected chi connectivity index (χ4v) is 4.73. The summed E-state index contributed by atoms with van der Waals surface area (Å²) < 4.78 is 37.5. The van der Waals surface area contributed by atoms with E-state index in [4.69, 9.17) is 9.05 Å². The molecule has 1 fully saturated rings. The summed E-state index contributed by atoms with van der Waals surface area (Å²) in [6.07, 6.45) is 2.27. The maximum atomic E-state index is 12.9. The van der Waals surface area contributed by atoms with Crippen molar-refractivity contribution in [3.63, 3.8) is 0 Å². The average molecular weight is 340 g/mol. The number of hydrogen-bond donors (Lipinski definition) is 0. The fourth-order valence-electron chi connectivity index (χ4n) is 2.91. The zero-order valence-electron chi connectivity index (χ0n) is 13.4. The third-order valence-electron chi connectivity index (χ3n) is 4.10. The second-order valence-corrected chi connectivity index (χ2v) is 7.63. The van der Waals surface area contributed by atoms with Crippen LogP contribution < -0.4 is 0 Å². The Morgan fingerprint density at radius 2 is 2.04 bits per heavy atom. The molecule has 0 aliphatic carbocycles. The lowest BCUT2D eigenvalue weighted by Crippen LogP contribution is -2.39. The van der Waals surface area contributed by atoms with Gasteiger partial charge in [0.05, 0.1) is 5.92 Å². The van der Waals surface area contributed by atoms with Crippen LogP contribution in [0.2, 0.25) is 0 Å². The molecule has 1 saturated heterocycles. The molecule has 3 heterocycles. The summed E-state index contributed by atoms with van der Waals surface area (Å²) in [6, 6.07) is 0. The molecule has 126 valence electrons. The highest BCUT2D eigenvalue weighted by molar-refractivity contribution is 7.89. The largest absolute Gasteiger partial charge is 0.360 e.